The van der Waals surface area contributed by atoms with Crippen LogP contribution in [0.5, 0.6) is 0 Å². The van der Waals surface area contributed by atoms with Gasteiger partial charge in [0.05, 0.1) is 19.4 Å². The van der Waals surface area contributed by atoms with E-state index in [1.165, 1.54) is 0 Å². The van der Waals surface area contributed by atoms with E-state index in [1.54, 1.807) is 4.90 Å². The molecule has 2 amide bonds. The molecule has 0 bridgehead atoms. The van der Waals surface area contributed by atoms with Gasteiger partial charge in [0.1, 0.15) is 6.04 Å². The van der Waals surface area contributed by atoms with Gasteiger partial charge in [-0.15, -0.1) is 0 Å². The predicted octanol–water partition coefficient (Wildman–Crippen LogP) is 0.317. The van der Waals surface area contributed by atoms with Crippen molar-refractivity contribution < 1.29 is 29.1 Å². The number of ether oxygens (including phenoxy) is 1. The topological polar surface area (TPSA) is 134 Å². The Balaban J connectivity index is 0.000000396. The zero-order valence-corrected chi connectivity index (χ0v) is 17.1. The Morgan fingerprint density at radius 2 is 1.90 bits per heavy atom. The molecule has 1 aliphatic heterocycles. The number of hydrogen-bond donors (Lipinski definition) is 4. The van der Waals surface area contributed by atoms with Crippen molar-refractivity contribution in [1.29, 1.82) is 0 Å². The van der Waals surface area contributed by atoms with E-state index in [1.807, 2.05) is 30.3 Å². The summed E-state index contributed by atoms with van der Waals surface area (Å²) >= 11 is 0. The van der Waals surface area contributed by atoms with Gasteiger partial charge in [-0.2, -0.15) is 0 Å². The molecule has 162 valence electrons. The lowest BCUT2D eigenvalue weighted by atomic mass is 10.1. The Hall–Kier alpha value is -2.14. The van der Waals surface area contributed by atoms with Crippen molar-refractivity contribution in [2.75, 3.05) is 26.3 Å². The third-order valence-electron chi connectivity index (χ3n) is 4.17. The van der Waals surface area contributed by atoms with E-state index in [9.17, 15) is 14.7 Å². The molecule has 1 aliphatic rings. The van der Waals surface area contributed by atoms with Crippen molar-refractivity contribution in [2.45, 2.75) is 39.0 Å². The summed E-state index contributed by atoms with van der Waals surface area (Å²) in [5.74, 6) is -0.512. The minimum absolute atomic E-state index is 0.270. The number of morpholine rings is 1. The summed E-state index contributed by atoms with van der Waals surface area (Å²) in [6.07, 6.45) is 0.752. The Labute approximate surface area is 172 Å². The van der Waals surface area contributed by atoms with Crippen molar-refractivity contribution in [3.8, 4) is 0 Å². The third-order valence-corrected chi connectivity index (χ3v) is 4.17. The van der Waals surface area contributed by atoms with Gasteiger partial charge in [0.2, 0.25) is 0 Å². The molecule has 0 radical (unpaired) electrons. The van der Waals surface area contributed by atoms with E-state index >= 15 is 0 Å². The van der Waals surface area contributed by atoms with Crippen LogP contribution in [0.3, 0.4) is 0 Å². The smallest absolute Gasteiger partial charge is 0.436 e. The SMILES string of the molecule is CC(C)C[C@H](N)OBO.O=C(O)[C@H](Cc1ccccc1)NC(=O)N1CCOCC1. The second kappa shape index (κ2) is 13.9. The van der Waals surface area contributed by atoms with Crippen LogP contribution in [0.2, 0.25) is 0 Å². The first kappa shape index (κ1) is 24.9. The van der Waals surface area contributed by atoms with E-state index < -0.39 is 12.0 Å². The molecule has 1 fully saturated rings. The van der Waals surface area contributed by atoms with Crippen molar-refractivity contribution in [2.24, 2.45) is 11.7 Å². The van der Waals surface area contributed by atoms with Crippen LogP contribution >= 0.6 is 0 Å². The van der Waals surface area contributed by atoms with Gasteiger partial charge in [-0.1, -0.05) is 44.2 Å². The molecule has 0 saturated carbocycles. The summed E-state index contributed by atoms with van der Waals surface area (Å²) in [7, 11) is -0.284. The molecular weight excluding hydrogens is 377 g/mol. The molecule has 2 atom stereocenters. The molecular formula is C19H32BN3O6. The molecule has 1 aromatic rings. The summed E-state index contributed by atoms with van der Waals surface area (Å²) in [6.45, 7) is 6.07. The number of carbonyl (C=O) groups excluding carboxylic acids is 1. The fourth-order valence-corrected chi connectivity index (χ4v) is 2.69. The van der Waals surface area contributed by atoms with Crippen LogP contribution in [-0.4, -0.2) is 73.3 Å². The van der Waals surface area contributed by atoms with Crippen LogP contribution in [0.1, 0.15) is 25.8 Å². The fraction of sp³-hybridized carbons (Fsp3) is 0.579. The molecule has 9 nitrogen and oxygen atoms in total. The number of carboxylic acid groups (broad SMARTS) is 1. The van der Waals surface area contributed by atoms with E-state index in [0.29, 0.717) is 32.2 Å². The average Bonchev–Trinajstić information content (AvgIpc) is 2.69. The third kappa shape index (κ3) is 10.8. The molecule has 1 aromatic carbocycles. The van der Waals surface area contributed by atoms with Crippen molar-refractivity contribution in [3.63, 3.8) is 0 Å². The highest BCUT2D eigenvalue weighted by Crippen LogP contribution is 2.05. The zero-order valence-electron chi connectivity index (χ0n) is 17.1. The Kier molecular flexibility index (Phi) is 12.0. The van der Waals surface area contributed by atoms with E-state index in [4.69, 9.17) is 15.5 Å². The van der Waals surface area contributed by atoms with E-state index in [0.717, 1.165) is 12.0 Å². The first-order chi connectivity index (χ1) is 13.8. The molecule has 1 heterocycles. The monoisotopic (exact) mass is 409 g/mol. The number of aliphatic carboxylic acids is 1. The normalized spacial score (nSPS) is 15.7. The summed E-state index contributed by atoms with van der Waals surface area (Å²) in [6, 6.07) is 7.97. The number of carboxylic acids is 1. The quantitative estimate of drug-likeness (QED) is 0.359. The highest BCUT2D eigenvalue weighted by molar-refractivity contribution is 6.15. The highest BCUT2D eigenvalue weighted by Gasteiger charge is 2.24. The second-order valence-corrected chi connectivity index (χ2v) is 7.09. The Morgan fingerprint density at radius 1 is 1.28 bits per heavy atom. The Morgan fingerprint density at radius 3 is 2.41 bits per heavy atom. The number of nitrogens with one attached hydrogen (secondary N) is 1. The molecule has 2 rings (SSSR count). The van der Waals surface area contributed by atoms with Crippen LogP contribution < -0.4 is 11.1 Å². The number of nitrogens with two attached hydrogens (primary N) is 1. The van der Waals surface area contributed by atoms with Gasteiger partial charge >= 0.3 is 19.7 Å². The molecule has 5 N–H and O–H groups in total. The first-order valence-corrected chi connectivity index (χ1v) is 9.71. The van der Waals surface area contributed by atoms with Crippen LogP contribution in [0, 0.1) is 5.92 Å². The second-order valence-electron chi connectivity index (χ2n) is 7.09. The average molecular weight is 409 g/mol. The van der Waals surface area contributed by atoms with Crippen LogP contribution in [0.4, 0.5) is 4.79 Å². The van der Waals surface area contributed by atoms with Crippen LogP contribution in [0.15, 0.2) is 30.3 Å². The number of rotatable bonds is 8. The standard InChI is InChI=1S/C14H18N2O4.C5H14BNO2/c17-13(18)12(10-11-4-2-1-3-5-11)15-14(19)16-6-8-20-9-7-16;1-4(2)3-5(7)9-6-8/h1-5,12H,6-10H2,(H,15,19)(H,17,18);4-6,8H,3,7H2,1-2H3/t12-;5-/m01/s1. The molecule has 0 spiro atoms. The highest BCUT2D eigenvalue weighted by atomic mass is 16.5. The van der Waals surface area contributed by atoms with Crippen molar-refractivity contribution in [3.05, 3.63) is 35.9 Å². The molecule has 0 aromatic heterocycles. The Bertz CT molecular complexity index is 599. The van der Waals surface area contributed by atoms with Gasteiger partial charge in [-0.25, -0.2) is 9.59 Å². The minimum Gasteiger partial charge on any atom is -0.480 e. The van der Waals surface area contributed by atoms with Gasteiger partial charge in [0.25, 0.3) is 0 Å². The molecule has 1 saturated heterocycles. The van der Waals surface area contributed by atoms with Crippen molar-refractivity contribution >= 4 is 19.7 Å². The number of amides is 2. The molecule has 29 heavy (non-hydrogen) atoms. The van der Waals surface area contributed by atoms with Gasteiger partial charge < -0.3 is 35.5 Å². The maximum absolute atomic E-state index is 12.0. The minimum atomic E-state index is -1.03. The number of carbonyl (C=O) groups is 2. The lowest BCUT2D eigenvalue weighted by Crippen LogP contribution is -2.51. The van der Waals surface area contributed by atoms with Gasteiger partial charge in [-0.05, 0) is 17.9 Å². The van der Waals surface area contributed by atoms with Crippen LogP contribution in [0.25, 0.3) is 0 Å². The number of benzene rings is 1. The largest absolute Gasteiger partial charge is 0.480 e. The molecule has 0 aliphatic carbocycles. The van der Waals surface area contributed by atoms with Crippen LogP contribution in [-0.2, 0) is 20.6 Å². The summed E-state index contributed by atoms with van der Waals surface area (Å²) in [5.41, 5.74) is 6.28. The summed E-state index contributed by atoms with van der Waals surface area (Å²) in [5, 5.41) is 20.0. The van der Waals surface area contributed by atoms with Gasteiger partial charge in [0.15, 0.2) is 0 Å². The number of urea groups is 1. The first-order valence-electron chi connectivity index (χ1n) is 9.71. The van der Waals surface area contributed by atoms with Crippen molar-refractivity contribution in [1.82, 2.24) is 10.2 Å². The fourth-order valence-electron chi connectivity index (χ4n) is 2.69. The lowest BCUT2D eigenvalue weighted by Gasteiger charge is -2.28. The molecule has 0 unspecified atom stereocenters. The van der Waals surface area contributed by atoms with Gasteiger partial charge in [-0.3, -0.25) is 0 Å². The predicted molar refractivity (Wildman–Crippen MR) is 110 cm³/mol. The summed E-state index contributed by atoms with van der Waals surface area (Å²) < 4.78 is 9.85. The van der Waals surface area contributed by atoms with E-state index in [2.05, 4.69) is 23.8 Å². The lowest BCUT2D eigenvalue weighted by molar-refractivity contribution is -0.139. The maximum atomic E-state index is 12.0. The molecule has 10 heteroatoms. The number of hydrogen-bond acceptors (Lipinski definition) is 6. The zero-order chi connectivity index (χ0) is 21.6. The summed E-state index contributed by atoms with van der Waals surface area (Å²) in [4.78, 5) is 24.8. The van der Waals surface area contributed by atoms with Gasteiger partial charge in [0, 0.05) is 19.5 Å². The maximum Gasteiger partial charge on any atom is 0.436 e. The number of nitrogens with zero attached hydrogens (tertiary/aromatic N) is 1. The van der Waals surface area contributed by atoms with E-state index in [-0.39, 0.29) is 26.4 Å².